The van der Waals surface area contributed by atoms with Gasteiger partial charge in [0.15, 0.2) is 0 Å². The summed E-state index contributed by atoms with van der Waals surface area (Å²) >= 11 is 0. The first-order valence-electron chi connectivity index (χ1n) is 7.30. The molecule has 1 saturated heterocycles. The van der Waals surface area contributed by atoms with Crippen LogP contribution in [0.2, 0.25) is 0 Å². The number of amides is 2. The van der Waals surface area contributed by atoms with Gasteiger partial charge in [-0.1, -0.05) is 32.9 Å². The largest absolute Gasteiger partial charge is 0.336 e. The van der Waals surface area contributed by atoms with Crippen molar-refractivity contribution in [3.63, 3.8) is 0 Å². The summed E-state index contributed by atoms with van der Waals surface area (Å²) in [5.74, 6) is -0.121. The van der Waals surface area contributed by atoms with Gasteiger partial charge >= 0.3 is 0 Å². The van der Waals surface area contributed by atoms with E-state index in [1.165, 1.54) is 0 Å². The Morgan fingerprint density at radius 3 is 2.32 bits per heavy atom. The molecule has 0 unspecified atom stereocenters. The number of nitrogens with zero attached hydrogens (tertiary/aromatic N) is 1. The van der Waals surface area contributed by atoms with Crippen LogP contribution >= 0.6 is 12.4 Å². The lowest BCUT2D eigenvalue weighted by molar-refractivity contribution is -0.123. The van der Waals surface area contributed by atoms with Gasteiger partial charge in [-0.25, -0.2) is 0 Å². The highest BCUT2D eigenvalue weighted by Gasteiger charge is 2.25. The SMILES string of the molecule is CC(C)(C)C(=O)Nc1ccccc1C(=O)N1CCNCC1.Cl. The highest BCUT2D eigenvalue weighted by molar-refractivity contribution is 6.04. The summed E-state index contributed by atoms with van der Waals surface area (Å²) in [5, 5.41) is 6.09. The standard InChI is InChI=1S/C16H23N3O2.ClH/c1-16(2,3)15(21)18-13-7-5-4-6-12(13)14(20)19-10-8-17-9-11-19;/h4-7,17H,8-11H2,1-3H3,(H,18,21);1H. The van der Waals surface area contributed by atoms with Gasteiger partial charge in [0.1, 0.15) is 0 Å². The van der Waals surface area contributed by atoms with Crippen molar-refractivity contribution in [1.82, 2.24) is 10.2 Å². The Morgan fingerprint density at radius 2 is 1.73 bits per heavy atom. The number of carbonyl (C=O) groups is 2. The van der Waals surface area contributed by atoms with Gasteiger partial charge in [-0.2, -0.15) is 0 Å². The number of nitrogens with one attached hydrogen (secondary N) is 2. The van der Waals surface area contributed by atoms with Crippen molar-refractivity contribution in [2.24, 2.45) is 5.41 Å². The predicted molar refractivity (Wildman–Crippen MR) is 90.5 cm³/mol. The number of halogens is 1. The van der Waals surface area contributed by atoms with Crippen molar-refractivity contribution in [2.45, 2.75) is 20.8 Å². The Hall–Kier alpha value is -1.59. The Bertz CT molecular complexity index is 534. The van der Waals surface area contributed by atoms with Crippen molar-refractivity contribution in [2.75, 3.05) is 31.5 Å². The van der Waals surface area contributed by atoms with E-state index in [9.17, 15) is 9.59 Å². The molecule has 5 nitrogen and oxygen atoms in total. The average molecular weight is 326 g/mol. The summed E-state index contributed by atoms with van der Waals surface area (Å²) in [6.45, 7) is 8.56. The summed E-state index contributed by atoms with van der Waals surface area (Å²) in [5.41, 5.74) is 0.642. The second kappa shape index (κ2) is 7.61. The van der Waals surface area contributed by atoms with Crippen molar-refractivity contribution < 1.29 is 9.59 Å². The quantitative estimate of drug-likeness (QED) is 0.875. The van der Waals surface area contributed by atoms with E-state index >= 15 is 0 Å². The molecule has 0 bridgehead atoms. The zero-order chi connectivity index (χ0) is 15.5. The minimum absolute atomic E-state index is 0. The smallest absolute Gasteiger partial charge is 0.256 e. The molecule has 1 heterocycles. The number of para-hydroxylation sites is 1. The van der Waals surface area contributed by atoms with Crippen LogP contribution < -0.4 is 10.6 Å². The molecule has 0 aromatic heterocycles. The Morgan fingerprint density at radius 1 is 1.14 bits per heavy atom. The molecule has 0 radical (unpaired) electrons. The van der Waals surface area contributed by atoms with E-state index in [-0.39, 0.29) is 24.2 Å². The molecule has 1 aliphatic rings. The first-order chi connectivity index (χ1) is 9.89. The van der Waals surface area contributed by atoms with E-state index in [4.69, 9.17) is 0 Å². The fraction of sp³-hybridized carbons (Fsp3) is 0.500. The van der Waals surface area contributed by atoms with Gasteiger partial charge in [0, 0.05) is 31.6 Å². The van der Waals surface area contributed by atoms with Gasteiger partial charge in [-0.15, -0.1) is 12.4 Å². The lowest BCUT2D eigenvalue weighted by atomic mass is 9.95. The van der Waals surface area contributed by atoms with Gasteiger partial charge in [-0.3, -0.25) is 9.59 Å². The highest BCUT2D eigenvalue weighted by Crippen LogP contribution is 2.21. The molecule has 1 aromatic carbocycles. The van der Waals surface area contributed by atoms with E-state index < -0.39 is 5.41 Å². The maximum absolute atomic E-state index is 12.6. The third-order valence-corrected chi connectivity index (χ3v) is 3.49. The molecule has 2 amide bonds. The number of carbonyl (C=O) groups excluding carboxylic acids is 2. The fourth-order valence-corrected chi connectivity index (χ4v) is 2.13. The molecule has 2 rings (SSSR count). The highest BCUT2D eigenvalue weighted by atomic mass is 35.5. The van der Waals surface area contributed by atoms with Gasteiger partial charge in [0.05, 0.1) is 11.3 Å². The molecule has 1 aliphatic heterocycles. The lowest BCUT2D eigenvalue weighted by Crippen LogP contribution is -2.46. The number of hydrogen-bond donors (Lipinski definition) is 2. The van der Waals surface area contributed by atoms with Crippen molar-refractivity contribution >= 4 is 29.9 Å². The summed E-state index contributed by atoms with van der Waals surface area (Å²) in [7, 11) is 0. The maximum atomic E-state index is 12.6. The second-order valence-corrected chi connectivity index (χ2v) is 6.29. The summed E-state index contributed by atoms with van der Waals surface area (Å²) in [6.07, 6.45) is 0. The number of rotatable bonds is 2. The van der Waals surface area contributed by atoms with Crippen molar-refractivity contribution in [3.05, 3.63) is 29.8 Å². The van der Waals surface area contributed by atoms with Gasteiger partial charge < -0.3 is 15.5 Å². The molecular weight excluding hydrogens is 302 g/mol. The number of piperazine rings is 1. The topological polar surface area (TPSA) is 61.4 Å². The second-order valence-electron chi connectivity index (χ2n) is 6.29. The van der Waals surface area contributed by atoms with Crippen LogP contribution in [0.25, 0.3) is 0 Å². The average Bonchev–Trinajstić information content (AvgIpc) is 2.47. The zero-order valence-electron chi connectivity index (χ0n) is 13.3. The number of benzene rings is 1. The Labute approximate surface area is 137 Å². The summed E-state index contributed by atoms with van der Waals surface area (Å²) < 4.78 is 0. The minimum Gasteiger partial charge on any atom is -0.336 e. The van der Waals surface area contributed by atoms with Crippen LogP contribution in [0, 0.1) is 5.41 Å². The molecule has 6 heteroatoms. The number of hydrogen-bond acceptors (Lipinski definition) is 3. The normalized spacial score (nSPS) is 15.0. The molecule has 1 aromatic rings. The van der Waals surface area contributed by atoms with Gasteiger partial charge in [-0.05, 0) is 12.1 Å². The van der Waals surface area contributed by atoms with Crippen molar-refractivity contribution in [1.29, 1.82) is 0 Å². The molecule has 0 aliphatic carbocycles. The van der Waals surface area contributed by atoms with Crippen LogP contribution in [-0.2, 0) is 4.79 Å². The van der Waals surface area contributed by atoms with Crippen LogP contribution in [0.3, 0.4) is 0 Å². The third-order valence-electron chi connectivity index (χ3n) is 3.49. The van der Waals surface area contributed by atoms with Gasteiger partial charge in [0.25, 0.3) is 5.91 Å². The molecule has 0 saturated carbocycles. The Kier molecular flexibility index (Phi) is 6.38. The van der Waals surface area contributed by atoms with Crippen LogP contribution in [0.1, 0.15) is 31.1 Å². The van der Waals surface area contributed by atoms with Crippen LogP contribution in [-0.4, -0.2) is 42.9 Å². The van der Waals surface area contributed by atoms with E-state index in [0.717, 1.165) is 13.1 Å². The Balaban J connectivity index is 0.00000242. The van der Waals surface area contributed by atoms with Crippen LogP contribution in [0.4, 0.5) is 5.69 Å². The first-order valence-corrected chi connectivity index (χ1v) is 7.30. The number of anilines is 1. The molecule has 0 atom stereocenters. The molecule has 2 N–H and O–H groups in total. The molecule has 0 spiro atoms. The van der Waals surface area contributed by atoms with Gasteiger partial charge in [0.2, 0.25) is 5.91 Å². The maximum Gasteiger partial charge on any atom is 0.256 e. The minimum atomic E-state index is -0.495. The van der Waals surface area contributed by atoms with Crippen LogP contribution in [0.5, 0.6) is 0 Å². The third kappa shape index (κ3) is 4.45. The van der Waals surface area contributed by atoms with E-state index in [1.807, 2.05) is 37.8 Å². The van der Waals surface area contributed by atoms with Crippen molar-refractivity contribution in [3.8, 4) is 0 Å². The molecule has 22 heavy (non-hydrogen) atoms. The van der Waals surface area contributed by atoms with Crippen LogP contribution in [0.15, 0.2) is 24.3 Å². The molecule has 122 valence electrons. The first kappa shape index (κ1) is 18.5. The molecule has 1 fully saturated rings. The lowest BCUT2D eigenvalue weighted by Gasteiger charge is -2.28. The monoisotopic (exact) mass is 325 g/mol. The predicted octanol–water partition coefficient (Wildman–Crippen LogP) is 2.14. The fourth-order valence-electron chi connectivity index (χ4n) is 2.13. The molecular formula is C16H24ClN3O2. The summed E-state index contributed by atoms with van der Waals surface area (Å²) in [6, 6.07) is 7.19. The van der Waals surface area contributed by atoms with E-state index in [0.29, 0.717) is 24.3 Å². The van der Waals surface area contributed by atoms with E-state index in [2.05, 4.69) is 10.6 Å². The van der Waals surface area contributed by atoms with E-state index in [1.54, 1.807) is 12.1 Å². The zero-order valence-corrected chi connectivity index (χ0v) is 14.1. The summed E-state index contributed by atoms with van der Waals surface area (Å²) in [4.78, 5) is 26.6.